The number of hydrogen-bond acceptors (Lipinski definition) is 6. The molecule has 3 aromatic heterocycles. The second-order valence-electron chi connectivity index (χ2n) is 8.43. The van der Waals surface area contributed by atoms with Gasteiger partial charge in [-0.2, -0.15) is 5.21 Å². The van der Waals surface area contributed by atoms with Crippen molar-refractivity contribution in [2.45, 2.75) is 11.8 Å². The van der Waals surface area contributed by atoms with Crippen LogP contribution in [-0.2, 0) is 10.0 Å². The molecule has 0 spiro atoms. The molecule has 0 saturated carbocycles. The van der Waals surface area contributed by atoms with Crippen LogP contribution in [0.15, 0.2) is 102 Å². The third-order valence-corrected chi connectivity index (χ3v) is 7.76. The lowest BCUT2D eigenvalue weighted by Gasteiger charge is -2.08. The maximum Gasteiger partial charge on any atom is 0.269 e. The number of benzene rings is 3. The molecule has 176 valence electrons. The molecule has 0 bridgehead atoms. The summed E-state index contributed by atoms with van der Waals surface area (Å²) in [6.45, 7) is 1.92. The first-order valence-corrected chi connectivity index (χ1v) is 12.7. The molecule has 1 N–H and O–H groups in total. The number of nitrogens with zero attached hydrogens (tertiary/aromatic N) is 5. The Morgan fingerprint density at radius 1 is 0.806 bits per heavy atom. The lowest BCUT2D eigenvalue weighted by Crippen LogP contribution is -2.12. The third kappa shape index (κ3) is 3.75. The van der Waals surface area contributed by atoms with Gasteiger partial charge in [-0.25, -0.2) is 17.4 Å². The van der Waals surface area contributed by atoms with Crippen LogP contribution >= 0.6 is 0 Å². The zero-order chi connectivity index (χ0) is 24.7. The highest BCUT2D eigenvalue weighted by Gasteiger charge is 2.23. The fourth-order valence-corrected chi connectivity index (χ4v) is 5.51. The van der Waals surface area contributed by atoms with Crippen molar-refractivity contribution in [1.82, 2.24) is 29.6 Å². The molecule has 36 heavy (non-hydrogen) atoms. The standard InChI is InChI=1S/C27H20N6O2S/c1-18-7-13-23(14-8-18)36(34,35)33-17-25(20-9-11-21(12-10-20)26-29-31-32-30-26)24-15-22(16-28-27(24)33)19-5-3-2-4-6-19/h2-17H,1H3,(H,29,30,31,32). The van der Waals surface area contributed by atoms with Gasteiger partial charge in [0.25, 0.3) is 10.0 Å². The Bertz CT molecular complexity index is 1780. The summed E-state index contributed by atoms with van der Waals surface area (Å²) in [5.41, 5.74) is 5.65. The van der Waals surface area contributed by atoms with Gasteiger partial charge in [-0.15, -0.1) is 10.2 Å². The number of hydrogen-bond donors (Lipinski definition) is 1. The lowest BCUT2D eigenvalue weighted by molar-refractivity contribution is 0.589. The molecule has 0 fully saturated rings. The van der Waals surface area contributed by atoms with Crippen molar-refractivity contribution in [3.63, 3.8) is 0 Å². The monoisotopic (exact) mass is 492 g/mol. The van der Waals surface area contributed by atoms with E-state index < -0.39 is 10.0 Å². The summed E-state index contributed by atoms with van der Waals surface area (Å²) in [6, 6.07) is 26.3. The summed E-state index contributed by atoms with van der Waals surface area (Å²) < 4.78 is 28.6. The van der Waals surface area contributed by atoms with Crippen molar-refractivity contribution in [1.29, 1.82) is 0 Å². The first-order valence-electron chi connectivity index (χ1n) is 11.2. The highest BCUT2D eigenvalue weighted by atomic mass is 32.2. The Balaban J connectivity index is 1.55. The maximum atomic E-state index is 13.7. The van der Waals surface area contributed by atoms with Crippen LogP contribution in [0.1, 0.15) is 5.56 Å². The summed E-state index contributed by atoms with van der Waals surface area (Å²) in [5, 5.41) is 14.8. The maximum absolute atomic E-state index is 13.7. The van der Waals surface area contributed by atoms with Gasteiger partial charge in [0.15, 0.2) is 5.65 Å². The Morgan fingerprint density at radius 2 is 1.53 bits per heavy atom. The third-order valence-electron chi connectivity index (χ3n) is 6.10. The Morgan fingerprint density at radius 3 is 2.22 bits per heavy atom. The highest BCUT2D eigenvalue weighted by Crippen LogP contribution is 2.35. The van der Waals surface area contributed by atoms with Gasteiger partial charge >= 0.3 is 0 Å². The van der Waals surface area contributed by atoms with Crippen LogP contribution in [0.3, 0.4) is 0 Å². The second-order valence-corrected chi connectivity index (χ2v) is 10.2. The fraction of sp³-hybridized carbons (Fsp3) is 0.0370. The van der Waals surface area contributed by atoms with E-state index in [0.29, 0.717) is 11.5 Å². The number of aryl methyl sites for hydroxylation is 1. The predicted molar refractivity (Wildman–Crippen MR) is 138 cm³/mol. The van der Waals surface area contributed by atoms with E-state index in [9.17, 15) is 8.42 Å². The summed E-state index contributed by atoms with van der Waals surface area (Å²) in [6.07, 6.45) is 3.35. The summed E-state index contributed by atoms with van der Waals surface area (Å²) in [5.74, 6) is 0.485. The first-order chi connectivity index (χ1) is 17.5. The number of aromatic nitrogens is 6. The zero-order valence-corrected chi connectivity index (χ0v) is 20.0. The van der Waals surface area contributed by atoms with Crippen LogP contribution in [0.2, 0.25) is 0 Å². The van der Waals surface area contributed by atoms with E-state index >= 15 is 0 Å². The normalized spacial score (nSPS) is 11.7. The van der Waals surface area contributed by atoms with Crippen LogP contribution in [0, 0.1) is 6.92 Å². The molecule has 0 saturated heterocycles. The number of rotatable bonds is 5. The van der Waals surface area contributed by atoms with E-state index in [4.69, 9.17) is 0 Å². The molecular formula is C27H20N6O2S. The summed E-state index contributed by atoms with van der Waals surface area (Å²) in [4.78, 5) is 4.83. The smallest absolute Gasteiger partial charge is 0.237 e. The average molecular weight is 493 g/mol. The Labute approximate surface area is 207 Å². The molecule has 0 aliphatic rings. The molecule has 0 atom stereocenters. The van der Waals surface area contributed by atoms with Crippen LogP contribution in [0.5, 0.6) is 0 Å². The van der Waals surface area contributed by atoms with Crippen molar-refractivity contribution in [3.8, 4) is 33.6 Å². The molecule has 0 amide bonds. The second kappa shape index (κ2) is 8.54. The number of pyridine rings is 1. The largest absolute Gasteiger partial charge is 0.269 e. The Hall–Kier alpha value is -4.63. The number of H-pyrrole nitrogens is 1. The fourth-order valence-electron chi connectivity index (χ4n) is 4.19. The van der Waals surface area contributed by atoms with Crippen molar-refractivity contribution in [2.24, 2.45) is 0 Å². The van der Waals surface area contributed by atoms with Crippen LogP contribution in [-0.4, -0.2) is 38.0 Å². The van der Waals surface area contributed by atoms with Gasteiger partial charge < -0.3 is 0 Å². The molecule has 0 radical (unpaired) electrons. The quantitative estimate of drug-likeness (QED) is 0.359. The van der Waals surface area contributed by atoms with Crippen LogP contribution in [0.25, 0.3) is 44.7 Å². The molecule has 9 heteroatoms. The van der Waals surface area contributed by atoms with Gasteiger partial charge in [0, 0.05) is 34.5 Å². The molecule has 3 heterocycles. The SMILES string of the molecule is Cc1ccc(S(=O)(=O)n2cc(-c3ccc(-c4nn[nH]n4)cc3)c3cc(-c4ccccc4)cnc32)cc1. The van der Waals surface area contributed by atoms with E-state index in [1.807, 2.05) is 67.6 Å². The van der Waals surface area contributed by atoms with Crippen LogP contribution in [0.4, 0.5) is 0 Å². The topological polar surface area (TPSA) is 106 Å². The van der Waals surface area contributed by atoms with Gasteiger partial charge in [-0.1, -0.05) is 72.3 Å². The molecule has 0 aliphatic carbocycles. The highest BCUT2D eigenvalue weighted by molar-refractivity contribution is 7.90. The van der Waals surface area contributed by atoms with Gasteiger partial charge in [0.2, 0.25) is 5.82 Å². The minimum atomic E-state index is -3.87. The number of aromatic amines is 1. The number of nitrogens with one attached hydrogen (secondary N) is 1. The van der Waals surface area contributed by atoms with E-state index in [-0.39, 0.29) is 4.90 Å². The van der Waals surface area contributed by atoms with Gasteiger partial charge in [-0.05, 0) is 41.5 Å². The number of tetrazole rings is 1. The van der Waals surface area contributed by atoms with E-state index in [0.717, 1.165) is 38.8 Å². The van der Waals surface area contributed by atoms with Crippen molar-refractivity contribution in [3.05, 3.63) is 103 Å². The molecule has 8 nitrogen and oxygen atoms in total. The van der Waals surface area contributed by atoms with E-state index in [2.05, 4.69) is 25.6 Å². The van der Waals surface area contributed by atoms with Crippen molar-refractivity contribution < 1.29 is 8.42 Å². The molecule has 6 rings (SSSR count). The first kappa shape index (κ1) is 21.9. The lowest BCUT2D eigenvalue weighted by atomic mass is 10.0. The number of fused-ring (bicyclic) bond motifs is 1. The van der Waals surface area contributed by atoms with E-state index in [1.54, 1.807) is 36.7 Å². The summed E-state index contributed by atoms with van der Waals surface area (Å²) >= 11 is 0. The van der Waals surface area contributed by atoms with E-state index in [1.165, 1.54) is 3.97 Å². The van der Waals surface area contributed by atoms with Gasteiger partial charge in [0.1, 0.15) is 0 Å². The van der Waals surface area contributed by atoms with Crippen LogP contribution < -0.4 is 0 Å². The molecule has 6 aromatic rings. The van der Waals surface area contributed by atoms with Gasteiger partial charge in [0.05, 0.1) is 4.90 Å². The zero-order valence-electron chi connectivity index (χ0n) is 19.2. The Kier molecular flexibility index (Phi) is 5.19. The minimum Gasteiger partial charge on any atom is -0.237 e. The molecular weight excluding hydrogens is 472 g/mol. The van der Waals surface area contributed by atoms with Crippen molar-refractivity contribution >= 4 is 21.1 Å². The van der Waals surface area contributed by atoms with Crippen molar-refractivity contribution in [2.75, 3.05) is 0 Å². The average Bonchev–Trinajstić information content (AvgIpc) is 3.58. The molecule has 0 aliphatic heterocycles. The molecule has 3 aromatic carbocycles. The molecule has 0 unspecified atom stereocenters. The predicted octanol–water partition coefficient (Wildman–Crippen LogP) is 5.10. The summed E-state index contributed by atoms with van der Waals surface area (Å²) in [7, 11) is -3.87. The van der Waals surface area contributed by atoms with Gasteiger partial charge in [-0.3, -0.25) is 0 Å². The minimum absolute atomic E-state index is 0.206.